The van der Waals surface area contributed by atoms with Gasteiger partial charge in [-0.15, -0.1) is 0 Å². The molecule has 2 rings (SSSR count). The van der Waals surface area contributed by atoms with Gasteiger partial charge in [0.25, 0.3) is 0 Å². The second kappa shape index (κ2) is 4.30. The predicted octanol–water partition coefficient (Wildman–Crippen LogP) is 3.28. The van der Waals surface area contributed by atoms with E-state index in [1.54, 1.807) is 13.8 Å². The zero-order valence-electron chi connectivity index (χ0n) is 10.4. The molecule has 2 aromatic rings. The number of nitrogens with zero attached hydrogens (tertiary/aromatic N) is 1. The van der Waals surface area contributed by atoms with Crippen LogP contribution in [0.15, 0.2) is 42.5 Å². The van der Waals surface area contributed by atoms with Crippen molar-refractivity contribution in [2.24, 2.45) is 0 Å². The molecule has 1 aromatic carbocycles. The summed E-state index contributed by atoms with van der Waals surface area (Å²) in [6, 6.07) is 14.0. The molecule has 2 heteroatoms. The van der Waals surface area contributed by atoms with Gasteiger partial charge in [-0.2, -0.15) is 0 Å². The van der Waals surface area contributed by atoms with E-state index in [2.05, 4.69) is 24.0 Å². The Balaban J connectivity index is 2.43. The lowest BCUT2D eigenvalue weighted by Gasteiger charge is -2.17. The van der Waals surface area contributed by atoms with Gasteiger partial charge < -0.3 is 5.11 Å². The molecule has 1 aromatic heterocycles. The Morgan fingerprint density at radius 1 is 1.00 bits per heavy atom. The van der Waals surface area contributed by atoms with Gasteiger partial charge in [-0.3, -0.25) is 0 Å². The van der Waals surface area contributed by atoms with Gasteiger partial charge >= 0.3 is 0 Å². The van der Waals surface area contributed by atoms with Gasteiger partial charge in [-0.05, 0) is 32.9 Å². The highest BCUT2D eigenvalue weighted by atomic mass is 16.3. The van der Waals surface area contributed by atoms with E-state index in [9.17, 15) is 5.11 Å². The number of rotatable bonds is 2. The van der Waals surface area contributed by atoms with Crippen LogP contribution in [0.4, 0.5) is 0 Å². The van der Waals surface area contributed by atoms with Crippen LogP contribution in [0, 0.1) is 6.92 Å². The summed E-state index contributed by atoms with van der Waals surface area (Å²) in [5.74, 6) is 0. The Morgan fingerprint density at radius 2 is 1.65 bits per heavy atom. The lowest BCUT2D eigenvalue weighted by atomic mass is 10.0. The van der Waals surface area contributed by atoms with Crippen molar-refractivity contribution in [3.8, 4) is 11.3 Å². The molecule has 0 spiro atoms. The van der Waals surface area contributed by atoms with Crippen molar-refractivity contribution in [2.75, 3.05) is 0 Å². The minimum atomic E-state index is -0.902. The van der Waals surface area contributed by atoms with Crippen LogP contribution in [0.5, 0.6) is 0 Å². The number of aromatic nitrogens is 1. The van der Waals surface area contributed by atoms with Crippen LogP contribution >= 0.6 is 0 Å². The third-order valence-electron chi connectivity index (χ3n) is 2.72. The second-order valence-corrected chi connectivity index (χ2v) is 4.83. The Labute approximate surface area is 102 Å². The molecule has 0 aliphatic heterocycles. The molecule has 0 radical (unpaired) electrons. The fourth-order valence-electron chi connectivity index (χ4n) is 1.66. The van der Waals surface area contributed by atoms with Gasteiger partial charge in [0.1, 0.15) is 5.60 Å². The average Bonchev–Trinajstić information content (AvgIpc) is 2.29. The summed E-state index contributed by atoms with van der Waals surface area (Å²) in [6.45, 7) is 5.55. The van der Waals surface area contributed by atoms with Crippen molar-refractivity contribution in [3.05, 3.63) is 53.7 Å². The molecule has 0 aliphatic carbocycles. The first-order valence-corrected chi connectivity index (χ1v) is 5.74. The van der Waals surface area contributed by atoms with E-state index in [1.165, 1.54) is 5.56 Å². The monoisotopic (exact) mass is 227 g/mol. The molecule has 88 valence electrons. The maximum Gasteiger partial charge on any atom is 0.101 e. The fraction of sp³-hybridized carbons (Fsp3) is 0.267. The van der Waals surface area contributed by atoms with Gasteiger partial charge in [0, 0.05) is 5.56 Å². The summed E-state index contributed by atoms with van der Waals surface area (Å²) in [7, 11) is 0. The number of benzene rings is 1. The highest BCUT2D eigenvalue weighted by Gasteiger charge is 2.17. The molecule has 1 heterocycles. The third-order valence-corrected chi connectivity index (χ3v) is 2.72. The quantitative estimate of drug-likeness (QED) is 0.854. The number of aryl methyl sites for hydroxylation is 1. The molecular weight excluding hydrogens is 210 g/mol. The molecule has 0 aliphatic rings. The molecule has 0 saturated carbocycles. The summed E-state index contributed by atoms with van der Waals surface area (Å²) in [6.07, 6.45) is 0. The first kappa shape index (κ1) is 11.8. The van der Waals surface area contributed by atoms with Crippen LogP contribution in [0.25, 0.3) is 11.3 Å². The van der Waals surface area contributed by atoms with Gasteiger partial charge in [0.2, 0.25) is 0 Å². The van der Waals surface area contributed by atoms with Crippen molar-refractivity contribution in [1.82, 2.24) is 4.98 Å². The first-order valence-electron chi connectivity index (χ1n) is 5.74. The van der Waals surface area contributed by atoms with Crippen molar-refractivity contribution in [3.63, 3.8) is 0 Å². The molecule has 0 amide bonds. The maximum absolute atomic E-state index is 9.94. The molecule has 0 fully saturated rings. The van der Waals surface area contributed by atoms with Gasteiger partial charge in [0.05, 0.1) is 11.4 Å². The Hall–Kier alpha value is -1.67. The minimum absolute atomic E-state index is 0.690. The Bertz CT molecular complexity index is 509. The lowest BCUT2D eigenvalue weighted by Crippen LogP contribution is -2.17. The molecular formula is C15H17NO. The highest BCUT2D eigenvalue weighted by Crippen LogP contribution is 2.22. The van der Waals surface area contributed by atoms with Crippen LogP contribution in [0.3, 0.4) is 0 Å². The highest BCUT2D eigenvalue weighted by molar-refractivity contribution is 5.59. The normalized spacial score (nSPS) is 11.5. The Kier molecular flexibility index (Phi) is 2.99. The standard InChI is InChI=1S/C15H17NO/c1-11-7-9-12(10-8-11)13-5-4-6-14(16-13)15(2,3)17/h4-10,17H,1-3H3. The van der Waals surface area contributed by atoms with E-state index in [1.807, 2.05) is 30.3 Å². The molecule has 1 N–H and O–H groups in total. The fourth-order valence-corrected chi connectivity index (χ4v) is 1.66. The molecule has 0 bridgehead atoms. The zero-order chi connectivity index (χ0) is 12.5. The van der Waals surface area contributed by atoms with E-state index in [0.29, 0.717) is 5.69 Å². The van der Waals surface area contributed by atoms with Gasteiger partial charge in [-0.1, -0.05) is 35.9 Å². The van der Waals surface area contributed by atoms with Gasteiger partial charge in [0.15, 0.2) is 0 Å². The predicted molar refractivity (Wildman–Crippen MR) is 69.7 cm³/mol. The number of hydrogen-bond acceptors (Lipinski definition) is 2. The molecule has 0 atom stereocenters. The number of aliphatic hydroxyl groups is 1. The van der Waals surface area contributed by atoms with Crippen LogP contribution in [-0.4, -0.2) is 10.1 Å². The average molecular weight is 227 g/mol. The van der Waals surface area contributed by atoms with E-state index in [-0.39, 0.29) is 0 Å². The number of hydrogen-bond donors (Lipinski definition) is 1. The minimum Gasteiger partial charge on any atom is -0.384 e. The summed E-state index contributed by atoms with van der Waals surface area (Å²) in [4.78, 5) is 4.49. The van der Waals surface area contributed by atoms with Crippen LogP contribution in [-0.2, 0) is 5.60 Å². The largest absolute Gasteiger partial charge is 0.384 e. The smallest absolute Gasteiger partial charge is 0.101 e. The first-order chi connectivity index (χ1) is 7.97. The lowest BCUT2D eigenvalue weighted by molar-refractivity contribution is 0.0740. The van der Waals surface area contributed by atoms with Crippen LogP contribution in [0.2, 0.25) is 0 Å². The summed E-state index contributed by atoms with van der Waals surface area (Å²) in [5, 5.41) is 9.94. The maximum atomic E-state index is 9.94. The molecule has 0 saturated heterocycles. The van der Waals surface area contributed by atoms with E-state index >= 15 is 0 Å². The zero-order valence-corrected chi connectivity index (χ0v) is 10.4. The summed E-state index contributed by atoms with van der Waals surface area (Å²) >= 11 is 0. The Morgan fingerprint density at radius 3 is 2.24 bits per heavy atom. The van der Waals surface area contributed by atoms with Crippen molar-refractivity contribution in [2.45, 2.75) is 26.4 Å². The second-order valence-electron chi connectivity index (χ2n) is 4.83. The van der Waals surface area contributed by atoms with Crippen molar-refractivity contribution < 1.29 is 5.11 Å². The van der Waals surface area contributed by atoms with E-state index in [0.717, 1.165) is 11.3 Å². The third kappa shape index (κ3) is 2.71. The van der Waals surface area contributed by atoms with E-state index < -0.39 is 5.60 Å². The molecule has 0 unspecified atom stereocenters. The van der Waals surface area contributed by atoms with Crippen LogP contribution < -0.4 is 0 Å². The van der Waals surface area contributed by atoms with Crippen molar-refractivity contribution >= 4 is 0 Å². The summed E-state index contributed by atoms with van der Waals surface area (Å²) in [5.41, 5.74) is 2.98. The summed E-state index contributed by atoms with van der Waals surface area (Å²) < 4.78 is 0. The van der Waals surface area contributed by atoms with Crippen LogP contribution in [0.1, 0.15) is 25.1 Å². The number of pyridine rings is 1. The van der Waals surface area contributed by atoms with E-state index in [4.69, 9.17) is 0 Å². The SMILES string of the molecule is Cc1ccc(-c2cccc(C(C)(C)O)n2)cc1. The molecule has 17 heavy (non-hydrogen) atoms. The van der Waals surface area contributed by atoms with Crippen molar-refractivity contribution in [1.29, 1.82) is 0 Å². The van der Waals surface area contributed by atoms with Gasteiger partial charge in [-0.25, -0.2) is 4.98 Å². The molecule has 2 nitrogen and oxygen atoms in total. The topological polar surface area (TPSA) is 33.1 Å².